The van der Waals surface area contributed by atoms with E-state index in [0.29, 0.717) is 22.0 Å². The maximum atomic E-state index is 12.9. The van der Waals surface area contributed by atoms with Gasteiger partial charge in [0.1, 0.15) is 0 Å². The lowest BCUT2D eigenvalue weighted by Crippen LogP contribution is -2.28. The number of fused-ring (bicyclic) bond motifs is 1. The monoisotopic (exact) mass is 446 g/mol. The molecule has 0 saturated carbocycles. The van der Waals surface area contributed by atoms with Gasteiger partial charge in [-0.25, -0.2) is 0 Å². The maximum Gasteiger partial charge on any atom is 0.258 e. The summed E-state index contributed by atoms with van der Waals surface area (Å²) in [5, 5.41) is 9.99. The van der Waals surface area contributed by atoms with Crippen LogP contribution in [0, 0.1) is 0 Å². The Balaban J connectivity index is 1.66. The first-order chi connectivity index (χ1) is 15.4. The minimum atomic E-state index is -0.186. The van der Waals surface area contributed by atoms with Gasteiger partial charge in [-0.1, -0.05) is 48.0 Å². The average Bonchev–Trinajstić information content (AvgIpc) is 3.11. The van der Waals surface area contributed by atoms with E-state index in [9.17, 15) is 9.59 Å². The van der Waals surface area contributed by atoms with E-state index >= 15 is 0 Å². The first-order valence-corrected chi connectivity index (χ1v) is 10.5. The van der Waals surface area contributed by atoms with Gasteiger partial charge in [-0.3, -0.25) is 9.59 Å². The lowest BCUT2D eigenvalue weighted by atomic mass is 10.00. The molecule has 4 rings (SSSR count). The van der Waals surface area contributed by atoms with Crippen LogP contribution in [0.2, 0.25) is 5.02 Å². The normalized spacial score (nSPS) is 13.8. The molecule has 0 saturated heterocycles. The van der Waals surface area contributed by atoms with Gasteiger partial charge in [0.25, 0.3) is 5.91 Å². The molecule has 162 valence electrons. The molecule has 1 aliphatic rings. The van der Waals surface area contributed by atoms with E-state index in [1.54, 1.807) is 31.1 Å². The van der Waals surface area contributed by atoms with E-state index in [-0.39, 0.29) is 18.4 Å². The van der Waals surface area contributed by atoms with Gasteiger partial charge in [0.15, 0.2) is 0 Å². The molecule has 0 atom stereocenters. The first kappa shape index (κ1) is 21.5. The van der Waals surface area contributed by atoms with Gasteiger partial charge in [0, 0.05) is 36.1 Å². The van der Waals surface area contributed by atoms with Crippen LogP contribution >= 0.6 is 11.6 Å². The summed E-state index contributed by atoms with van der Waals surface area (Å²) in [4.78, 5) is 26.2. The zero-order valence-corrected chi connectivity index (χ0v) is 18.5. The SMILES string of the molecule is CN(C)C(=O)CNc1ccc(NC(=C2C(=O)Nc3cc(Cl)ccc32)c2ccccc2)cc1. The minimum Gasteiger partial charge on any atom is -0.376 e. The van der Waals surface area contributed by atoms with Crippen molar-refractivity contribution in [3.05, 3.63) is 88.9 Å². The number of benzene rings is 3. The van der Waals surface area contributed by atoms with Gasteiger partial charge >= 0.3 is 0 Å². The van der Waals surface area contributed by atoms with Crippen LogP contribution in [0.4, 0.5) is 17.1 Å². The number of hydrogen-bond donors (Lipinski definition) is 3. The number of hydrogen-bond acceptors (Lipinski definition) is 4. The number of nitrogens with one attached hydrogen (secondary N) is 3. The second kappa shape index (κ2) is 9.16. The molecule has 3 aromatic carbocycles. The lowest BCUT2D eigenvalue weighted by Gasteiger charge is -2.16. The highest BCUT2D eigenvalue weighted by atomic mass is 35.5. The van der Waals surface area contributed by atoms with Crippen LogP contribution in [0.5, 0.6) is 0 Å². The standard InChI is InChI=1S/C25H23ClN4O2/c1-30(2)22(31)15-27-18-9-11-19(12-10-18)28-24(16-6-4-3-5-7-16)23-20-13-8-17(26)14-21(20)29-25(23)32/h3-14,27-28H,15H2,1-2H3,(H,29,32). The molecule has 3 aromatic rings. The highest BCUT2D eigenvalue weighted by Crippen LogP contribution is 2.38. The third-order valence-electron chi connectivity index (χ3n) is 5.14. The molecule has 7 heteroatoms. The number of amides is 2. The van der Waals surface area contributed by atoms with E-state index < -0.39 is 0 Å². The van der Waals surface area contributed by atoms with E-state index in [0.717, 1.165) is 22.5 Å². The molecule has 0 aliphatic carbocycles. The molecular weight excluding hydrogens is 424 g/mol. The third-order valence-corrected chi connectivity index (χ3v) is 5.37. The molecule has 0 unspecified atom stereocenters. The van der Waals surface area contributed by atoms with Crippen LogP contribution in [-0.4, -0.2) is 37.4 Å². The van der Waals surface area contributed by atoms with Crippen LogP contribution in [0.15, 0.2) is 72.8 Å². The zero-order valence-electron chi connectivity index (χ0n) is 17.8. The lowest BCUT2D eigenvalue weighted by molar-refractivity contribution is -0.126. The molecule has 0 fully saturated rings. The molecule has 0 aromatic heterocycles. The minimum absolute atomic E-state index is 0.00527. The van der Waals surface area contributed by atoms with Crippen molar-refractivity contribution in [2.45, 2.75) is 0 Å². The second-order valence-corrected chi connectivity index (χ2v) is 8.04. The van der Waals surface area contributed by atoms with Crippen molar-refractivity contribution >= 4 is 51.7 Å². The van der Waals surface area contributed by atoms with Gasteiger partial charge in [0.2, 0.25) is 5.91 Å². The van der Waals surface area contributed by atoms with E-state index in [4.69, 9.17) is 11.6 Å². The van der Waals surface area contributed by atoms with Crippen molar-refractivity contribution in [3.8, 4) is 0 Å². The van der Waals surface area contributed by atoms with Gasteiger partial charge in [-0.05, 0) is 42.0 Å². The van der Waals surface area contributed by atoms with Gasteiger partial charge in [-0.15, -0.1) is 0 Å². The van der Waals surface area contributed by atoms with E-state index in [1.807, 2.05) is 60.7 Å². The molecule has 32 heavy (non-hydrogen) atoms. The summed E-state index contributed by atoms with van der Waals surface area (Å²) >= 11 is 6.11. The molecule has 0 bridgehead atoms. The Kier molecular flexibility index (Phi) is 6.14. The summed E-state index contributed by atoms with van der Waals surface area (Å²) in [6.45, 7) is 0.221. The number of carbonyl (C=O) groups excluding carboxylic acids is 2. The van der Waals surface area contributed by atoms with Crippen LogP contribution in [0.1, 0.15) is 11.1 Å². The Bertz CT molecular complexity index is 1190. The van der Waals surface area contributed by atoms with Gasteiger partial charge < -0.3 is 20.9 Å². The topological polar surface area (TPSA) is 73.5 Å². The molecule has 0 radical (unpaired) electrons. The highest BCUT2D eigenvalue weighted by molar-refractivity contribution is 6.38. The zero-order chi connectivity index (χ0) is 22.7. The average molecular weight is 447 g/mol. The summed E-state index contributed by atoms with van der Waals surface area (Å²) < 4.78 is 0. The number of anilines is 3. The van der Waals surface area contributed by atoms with Crippen LogP contribution in [-0.2, 0) is 9.59 Å². The number of rotatable bonds is 6. The van der Waals surface area contributed by atoms with Crippen LogP contribution in [0.25, 0.3) is 11.3 Å². The largest absolute Gasteiger partial charge is 0.376 e. The number of carbonyl (C=O) groups is 2. The van der Waals surface area contributed by atoms with E-state index in [2.05, 4.69) is 16.0 Å². The van der Waals surface area contributed by atoms with Crippen molar-refractivity contribution in [2.75, 3.05) is 36.6 Å². The fourth-order valence-corrected chi connectivity index (χ4v) is 3.60. The fraction of sp³-hybridized carbons (Fsp3) is 0.120. The molecule has 3 N–H and O–H groups in total. The molecule has 6 nitrogen and oxygen atoms in total. The highest BCUT2D eigenvalue weighted by Gasteiger charge is 2.28. The Labute approximate surface area is 191 Å². The smallest absolute Gasteiger partial charge is 0.258 e. The van der Waals surface area contributed by atoms with Crippen molar-refractivity contribution in [2.24, 2.45) is 0 Å². The first-order valence-electron chi connectivity index (χ1n) is 10.1. The number of halogens is 1. The summed E-state index contributed by atoms with van der Waals surface area (Å²) in [6, 6.07) is 22.7. The number of nitrogens with zero attached hydrogens (tertiary/aromatic N) is 1. The van der Waals surface area contributed by atoms with Crippen molar-refractivity contribution in [1.29, 1.82) is 0 Å². The van der Waals surface area contributed by atoms with Crippen molar-refractivity contribution in [1.82, 2.24) is 4.90 Å². The molecular formula is C25H23ClN4O2. The molecule has 0 spiro atoms. The van der Waals surface area contributed by atoms with E-state index in [1.165, 1.54) is 0 Å². The quantitative estimate of drug-likeness (QED) is 0.477. The molecule has 1 heterocycles. The summed E-state index contributed by atoms with van der Waals surface area (Å²) in [6.07, 6.45) is 0. The summed E-state index contributed by atoms with van der Waals surface area (Å²) in [5.74, 6) is -0.191. The fourth-order valence-electron chi connectivity index (χ4n) is 3.43. The Morgan fingerprint density at radius 1 is 0.969 bits per heavy atom. The predicted octanol–water partition coefficient (Wildman–Crippen LogP) is 4.77. The van der Waals surface area contributed by atoms with Crippen molar-refractivity contribution < 1.29 is 9.59 Å². The van der Waals surface area contributed by atoms with Crippen molar-refractivity contribution in [3.63, 3.8) is 0 Å². The molecule has 2 amide bonds. The Hall–Kier alpha value is -3.77. The van der Waals surface area contributed by atoms with Crippen LogP contribution in [0.3, 0.4) is 0 Å². The molecule has 1 aliphatic heterocycles. The Morgan fingerprint density at radius 3 is 2.34 bits per heavy atom. The second-order valence-electron chi connectivity index (χ2n) is 7.60. The Morgan fingerprint density at radius 2 is 1.66 bits per heavy atom. The summed E-state index contributed by atoms with van der Waals surface area (Å²) in [7, 11) is 3.45. The van der Waals surface area contributed by atoms with Gasteiger partial charge in [0.05, 0.1) is 23.5 Å². The third kappa shape index (κ3) is 4.60. The number of likely N-dealkylation sites (N-methyl/N-ethyl adjacent to an activating group) is 1. The maximum absolute atomic E-state index is 12.9. The predicted molar refractivity (Wildman–Crippen MR) is 131 cm³/mol. The summed E-state index contributed by atoms with van der Waals surface area (Å²) in [5.41, 5.74) is 5.28. The van der Waals surface area contributed by atoms with Gasteiger partial charge in [-0.2, -0.15) is 0 Å². The van der Waals surface area contributed by atoms with Crippen LogP contribution < -0.4 is 16.0 Å².